The van der Waals surface area contributed by atoms with Crippen molar-refractivity contribution >= 4 is 14.1 Å². The van der Waals surface area contributed by atoms with Gasteiger partial charge in [0, 0.05) is 19.4 Å². The van der Waals surface area contributed by atoms with Gasteiger partial charge in [0.2, 0.25) is 0 Å². The minimum atomic E-state index is -1.81. The Kier molecular flexibility index (Phi) is 5.71. The third kappa shape index (κ3) is 4.22. The van der Waals surface area contributed by atoms with Crippen molar-refractivity contribution in [2.45, 2.75) is 97.4 Å². The summed E-state index contributed by atoms with van der Waals surface area (Å²) in [5.41, 5.74) is -0.462. The quantitative estimate of drug-likeness (QED) is 0.695. The van der Waals surface area contributed by atoms with E-state index in [9.17, 15) is 9.90 Å². The summed E-state index contributed by atoms with van der Waals surface area (Å²) in [7, 11) is -1.81. The first kappa shape index (κ1) is 21.1. The standard InChI is InChI=1S/C21H40O3Si/c1-15-11-18(22)12-17(14-24-25(7,8)19(2,3)4)21(15)10-9-16(13-21)20(5,6)23/h15-17,23H,9-14H2,1-8H3/t15-,16-,17-,21+/m1/s1. The maximum Gasteiger partial charge on any atom is 0.191 e. The van der Waals surface area contributed by atoms with Gasteiger partial charge in [0.15, 0.2) is 8.32 Å². The van der Waals surface area contributed by atoms with E-state index in [0.29, 0.717) is 43.0 Å². The molecule has 0 aromatic carbocycles. The molecular weight excluding hydrogens is 328 g/mol. The first-order valence-corrected chi connectivity index (χ1v) is 13.0. The lowest BCUT2D eigenvalue weighted by Gasteiger charge is -2.48. The predicted octanol–water partition coefficient (Wildman–Crippen LogP) is 5.18. The van der Waals surface area contributed by atoms with Gasteiger partial charge in [0.05, 0.1) is 5.60 Å². The van der Waals surface area contributed by atoms with Crippen LogP contribution in [-0.4, -0.2) is 31.4 Å². The summed E-state index contributed by atoms with van der Waals surface area (Å²) in [5, 5.41) is 10.7. The van der Waals surface area contributed by atoms with Crippen molar-refractivity contribution in [1.82, 2.24) is 0 Å². The van der Waals surface area contributed by atoms with Gasteiger partial charge in [-0.05, 0) is 74.4 Å². The molecule has 25 heavy (non-hydrogen) atoms. The number of hydrogen-bond donors (Lipinski definition) is 1. The molecule has 1 spiro atoms. The highest BCUT2D eigenvalue weighted by Gasteiger charge is 2.54. The Balaban J connectivity index is 2.20. The molecule has 0 heterocycles. The fourth-order valence-corrected chi connectivity index (χ4v) is 5.84. The molecule has 2 rings (SSSR count). The SMILES string of the molecule is C[C@@H]1CC(=O)C[C@H](CO[Si](C)(C)C(C)(C)C)[C@]12CC[C@@H](C(C)(C)O)C2. The molecule has 146 valence electrons. The van der Waals surface area contributed by atoms with E-state index in [4.69, 9.17) is 4.43 Å². The van der Waals surface area contributed by atoms with Gasteiger partial charge in [0.1, 0.15) is 5.78 Å². The molecule has 2 aliphatic carbocycles. The molecule has 1 N–H and O–H groups in total. The van der Waals surface area contributed by atoms with Crippen LogP contribution >= 0.6 is 0 Å². The zero-order valence-corrected chi connectivity index (χ0v) is 18.7. The van der Waals surface area contributed by atoms with Crippen LogP contribution in [-0.2, 0) is 9.22 Å². The number of ketones is 1. The molecule has 0 amide bonds. The summed E-state index contributed by atoms with van der Waals surface area (Å²) >= 11 is 0. The lowest BCUT2D eigenvalue weighted by Crippen LogP contribution is -2.48. The van der Waals surface area contributed by atoms with Crippen molar-refractivity contribution in [1.29, 1.82) is 0 Å². The van der Waals surface area contributed by atoms with Crippen LogP contribution in [0.1, 0.15) is 73.6 Å². The van der Waals surface area contributed by atoms with E-state index in [0.717, 1.165) is 19.3 Å². The van der Waals surface area contributed by atoms with Gasteiger partial charge >= 0.3 is 0 Å². The molecular formula is C21H40O3Si. The topological polar surface area (TPSA) is 46.5 Å². The van der Waals surface area contributed by atoms with Gasteiger partial charge in [-0.25, -0.2) is 0 Å². The highest BCUT2D eigenvalue weighted by atomic mass is 28.4. The Labute approximate surface area is 156 Å². The zero-order valence-electron chi connectivity index (χ0n) is 17.7. The van der Waals surface area contributed by atoms with Gasteiger partial charge in [0.25, 0.3) is 0 Å². The highest BCUT2D eigenvalue weighted by molar-refractivity contribution is 6.74. The van der Waals surface area contributed by atoms with Crippen molar-refractivity contribution in [3.8, 4) is 0 Å². The molecule has 2 aliphatic rings. The fourth-order valence-electron chi connectivity index (χ4n) is 4.79. The second-order valence-electron chi connectivity index (χ2n) is 10.9. The summed E-state index contributed by atoms with van der Waals surface area (Å²) in [5.74, 6) is 1.44. The van der Waals surface area contributed by atoms with E-state index in [1.54, 1.807) is 0 Å². The molecule has 0 radical (unpaired) electrons. The van der Waals surface area contributed by atoms with Crippen LogP contribution in [0.15, 0.2) is 0 Å². The zero-order chi connectivity index (χ0) is 19.3. The molecule has 4 heteroatoms. The van der Waals surface area contributed by atoms with E-state index >= 15 is 0 Å². The number of aliphatic hydroxyl groups is 1. The average molecular weight is 369 g/mol. The van der Waals surface area contributed by atoms with Crippen LogP contribution in [0.2, 0.25) is 18.1 Å². The second kappa shape index (κ2) is 6.76. The summed E-state index contributed by atoms with van der Waals surface area (Å²) in [4.78, 5) is 12.3. The minimum absolute atomic E-state index is 0.168. The van der Waals surface area contributed by atoms with Crippen LogP contribution < -0.4 is 0 Å². The molecule has 0 aromatic rings. The van der Waals surface area contributed by atoms with E-state index < -0.39 is 13.9 Å². The smallest absolute Gasteiger partial charge is 0.191 e. The fraction of sp³-hybridized carbons (Fsp3) is 0.952. The van der Waals surface area contributed by atoms with Crippen LogP contribution in [0.3, 0.4) is 0 Å². The molecule has 4 atom stereocenters. The first-order valence-electron chi connectivity index (χ1n) is 10.1. The molecule has 0 aromatic heterocycles. The molecule has 0 unspecified atom stereocenters. The van der Waals surface area contributed by atoms with E-state index in [1.165, 1.54) is 0 Å². The molecule has 0 bridgehead atoms. The number of Topliss-reactive ketones (excluding diaryl/α,β-unsaturated/α-hetero) is 1. The molecule has 2 fully saturated rings. The summed E-state index contributed by atoms with van der Waals surface area (Å²) in [6, 6.07) is 0. The Morgan fingerprint density at radius 3 is 2.28 bits per heavy atom. The molecule has 0 saturated heterocycles. The number of carbonyl (C=O) groups is 1. The highest BCUT2D eigenvalue weighted by Crippen LogP contribution is 2.58. The van der Waals surface area contributed by atoms with Gasteiger partial charge in [-0.2, -0.15) is 0 Å². The van der Waals surface area contributed by atoms with Crippen LogP contribution in [0.25, 0.3) is 0 Å². The molecule has 2 saturated carbocycles. The summed E-state index contributed by atoms with van der Waals surface area (Å²) < 4.78 is 6.56. The van der Waals surface area contributed by atoms with Crippen LogP contribution in [0.5, 0.6) is 0 Å². The van der Waals surface area contributed by atoms with Crippen molar-refractivity contribution in [3.63, 3.8) is 0 Å². The van der Waals surface area contributed by atoms with Gasteiger partial charge in [-0.1, -0.05) is 27.7 Å². The lowest BCUT2D eigenvalue weighted by atomic mass is 9.59. The minimum Gasteiger partial charge on any atom is -0.417 e. The average Bonchev–Trinajstić information content (AvgIpc) is 2.86. The van der Waals surface area contributed by atoms with Crippen LogP contribution in [0.4, 0.5) is 0 Å². The van der Waals surface area contributed by atoms with Crippen LogP contribution in [0, 0.1) is 23.2 Å². The largest absolute Gasteiger partial charge is 0.417 e. The van der Waals surface area contributed by atoms with Gasteiger partial charge < -0.3 is 9.53 Å². The lowest BCUT2D eigenvalue weighted by molar-refractivity contribution is -0.130. The Morgan fingerprint density at radius 2 is 1.80 bits per heavy atom. The second-order valence-corrected chi connectivity index (χ2v) is 15.8. The van der Waals surface area contributed by atoms with Crippen molar-refractivity contribution in [2.75, 3.05) is 6.61 Å². The Bertz CT molecular complexity index is 500. The maximum absolute atomic E-state index is 12.3. The number of hydrogen-bond acceptors (Lipinski definition) is 3. The van der Waals surface area contributed by atoms with E-state index in [2.05, 4.69) is 40.8 Å². The normalized spacial score (nSPS) is 34.8. The van der Waals surface area contributed by atoms with E-state index in [-0.39, 0.29) is 10.5 Å². The van der Waals surface area contributed by atoms with Crippen molar-refractivity contribution in [2.24, 2.45) is 23.2 Å². The monoisotopic (exact) mass is 368 g/mol. The third-order valence-electron chi connectivity index (χ3n) is 7.84. The Hall–Kier alpha value is -0.193. The maximum atomic E-state index is 12.3. The Morgan fingerprint density at radius 1 is 1.20 bits per heavy atom. The number of carbonyl (C=O) groups excluding carboxylic acids is 1. The summed E-state index contributed by atoms with van der Waals surface area (Å²) in [6.45, 7) is 18.2. The first-order chi connectivity index (χ1) is 11.2. The predicted molar refractivity (Wildman–Crippen MR) is 106 cm³/mol. The van der Waals surface area contributed by atoms with Gasteiger partial charge in [-0.3, -0.25) is 4.79 Å². The molecule has 0 aliphatic heterocycles. The van der Waals surface area contributed by atoms with Crippen molar-refractivity contribution in [3.05, 3.63) is 0 Å². The van der Waals surface area contributed by atoms with Gasteiger partial charge in [-0.15, -0.1) is 0 Å². The van der Waals surface area contributed by atoms with E-state index in [1.807, 2.05) is 13.8 Å². The van der Waals surface area contributed by atoms with Crippen molar-refractivity contribution < 1.29 is 14.3 Å². The molecule has 3 nitrogen and oxygen atoms in total. The summed E-state index contributed by atoms with van der Waals surface area (Å²) in [6.07, 6.45) is 4.60. The third-order valence-corrected chi connectivity index (χ3v) is 12.3. The number of rotatable bonds is 4.